The number of amides is 2. The topological polar surface area (TPSA) is 88.9 Å². The maximum Gasteiger partial charge on any atom is 0.251 e. The molecule has 0 radical (unpaired) electrons. The monoisotopic (exact) mass is 401 g/mol. The van der Waals surface area contributed by atoms with Gasteiger partial charge in [0.05, 0.1) is 11.8 Å². The van der Waals surface area contributed by atoms with Crippen LogP contribution in [0.25, 0.3) is 0 Å². The Morgan fingerprint density at radius 3 is 2.57 bits per heavy atom. The first-order valence-corrected chi connectivity index (χ1v) is 10.6. The summed E-state index contributed by atoms with van der Waals surface area (Å²) in [6, 6.07) is 7.45. The minimum absolute atomic E-state index is 0.0298. The van der Waals surface area contributed by atoms with E-state index in [0.29, 0.717) is 28.3 Å². The van der Waals surface area contributed by atoms with Gasteiger partial charge in [-0.2, -0.15) is 0 Å². The molecule has 7 nitrogen and oxygen atoms in total. The van der Waals surface area contributed by atoms with E-state index in [1.54, 1.807) is 12.1 Å². The third-order valence-electron chi connectivity index (χ3n) is 4.97. The summed E-state index contributed by atoms with van der Waals surface area (Å²) in [5.74, 6) is 0.842. The van der Waals surface area contributed by atoms with Gasteiger partial charge in [-0.05, 0) is 38.8 Å². The predicted molar refractivity (Wildman–Crippen MR) is 109 cm³/mol. The van der Waals surface area contributed by atoms with Crippen molar-refractivity contribution in [3.8, 4) is 0 Å². The first-order chi connectivity index (χ1) is 13.4. The average Bonchev–Trinajstić information content (AvgIpc) is 3.30. The number of carbonyl (C=O) groups is 2. The van der Waals surface area contributed by atoms with E-state index in [0.717, 1.165) is 18.4 Å². The zero-order valence-electron chi connectivity index (χ0n) is 16.6. The standard InChI is InChI=1S/C20H27N5O2S/c1-13-8-10-15(11-9-13)19(27)21-14(2)18-23-24-20(25(18)3)28-12-17(26)22-16-6-4-5-7-16/h8-11,14,16H,4-7,12H2,1-3H3,(H,21,27)(H,22,26)/t14-/m1/s1. The Balaban J connectivity index is 1.54. The molecule has 0 unspecified atom stereocenters. The Labute approximate surface area is 169 Å². The van der Waals surface area contributed by atoms with Crippen molar-refractivity contribution in [1.29, 1.82) is 0 Å². The van der Waals surface area contributed by atoms with Crippen LogP contribution in [0.15, 0.2) is 29.4 Å². The molecule has 1 heterocycles. The number of carbonyl (C=O) groups excluding carboxylic acids is 2. The number of aryl methyl sites for hydroxylation is 1. The molecule has 1 aliphatic rings. The second-order valence-electron chi connectivity index (χ2n) is 7.30. The summed E-state index contributed by atoms with van der Waals surface area (Å²) < 4.78 is 1.83. The van der Waals surface area contributed by atoms with Gasteiger partial charge in [-0.3, -0.25) is 9.59 Å². The van der Waals surface area contributed by atoms with Gasteiger partial charge < -0.3 is 15.2 Å². The number of nitrogens with one attached hydrogen (secondary N) is 2. The van der Waals surface area contributed by atoms with Crippen LogP contribution >= 0.6 is 11.8 Å². The Hall–Kier alpha value is -2.35. The van der Waals surface area contributed by atoms with E-state index in [-0.39, 0.29) is 17.9 Å². The summed E-state index contributed by atoms with van der Waals surface area (Å²) in [6.07, 6.45) is 4.53. The lowest BCUT2D eigenvalue weighted by molar-refractivity contribution is -0.119. The smallest absolute Gasteiger partial charge is 0.251 e. The molecule has 1 aromatic carbocycles. The van der Waals surface area contributed by atoms with Crippen LogP contribution in [0.3, 0.4) is 0 Å². The van der Waals surface area contributed by atoms with Gasteiger partial charge in [0, 0.05) is 18.7 Å². The number of thioether (sulfide) groups is 1. The van der Waals surface area contributed by atoms with Crippen LogP contribution < -0.4 is 10.6 Å². The van der Waals surface area contributed by atoms with Gasteiger partial charge in [0.15, 0.2) is 11.0 Å². The minimum atomic E-state index is -0.298. The SMILES string of the molecule is Cc1ccc(C(=O)N[C@H](C)c2nnc(SCC(=O)NC3CCCC3)n2C)cc1. The highest BCUT2D eigenvalue weighted by atomic mass is 32.2. The highest BCUT2D eigenvalue weighted by Crippen LogP contribution is 2.21. The second kappa shape index (κ2) is 9.23. The molecule has 0 saturated heterocycles. The summed E-state index contributed by atoms with van der Waals surface area (Å²) in [5, 5.41) is 15.1. The van der Waals surface area contributed by atoms with Crippen molar-refractivity contribution in [2.75, 3.05) is 5.75 Å². The number of aromatic nitrogens is 3. The van der Waals surface area contributed by atoms with E-state index in [1.807, 2.05) is 37.6 Å². The van der Waals surface area contributed by atoms with Gasteiger partial charge in [-0.15, -0.1) is 10.2 Å². The third-order valence-corrected chi connectivity index (χ3v) is 5.99. The maximum atomic E-state index is 12.4. The van der Waals surface area contributed by atoms with Crippen molar-refractivity contribution in [2.24, 2.45) is 7.05 Å². The van der Waals surface area contributed by atoms with Crippen molar-refractivity contribution in [3.05, 3.63) is 41.2 Å². The quantitative estimate of drug-likeness (QED) is 0.697. The molecule has 8 heteroatoms. The lowest BCUT2D eigenvalue weighted by atomic mass is 10.1. The highest BCUT2D eigenvalue weighted by Gasteiger charge is 2.20. The van der Waals surface area contributed by atoms with Gasteiger partial charge in [-0.1, -0.05) is 42.3 Å². The van der Waals surface area contributed by atoms with E-state index in [1.165, 1.54) is 24.6 Å². The molecule has 1 aromatic heterocycles. The molecule has 0 aliphatic heterocycles. The molecule has 1 saturated carbocycles. The fourth-order valence-electron chi connectivity index (χ4n) is 3.35. The fourth-order valence-corrected chi connectivity index (χ4v) is 4.08. The van der Waals surface area contributed by atoms with Crippen LogP contribution in [-0.2, 0) is 11.8 Å². The summed E-state index contributed by atoms with van der Waals surface area (Å²) in [6.45, 7) is 3.86. The normalized spacial score (nSPS) is 15.4. The first kappa shape index (κ1) is 20.4. The van der Waals surface area contributed by atoms with Gasteiger partial charge in [0.1, 0.15) is 0 Å². The van der Waals surface area contributed by atoms with Crippen LogP contribution in [0, 0.1) is 6.92 Å². The number of benzene rings is 1. The summed E-state index contributed by atoms with van der Waals surface area (Å²) >= 11 is 1.36. The first-order valence-electron chi connectivity index (χ1n) is 9.63. The average molecular weight is 402 g/mol. The molecule has 1 atom stereocenters. The van der Waals surface area contributed by atoms with E-state index < -0.39 is 0 Å². The number of rotatable bonds is 7. The molecule has 2 aromatic rings. The number of hydrogen-bond donors (Lipinski definition) is 2. The number of nitrogens with zero attached hydrogens (tertiary/aromatic N) is 3. The molecule has 2 N–H and O–H groups in total. The van der Waals surface area contributed by atoms with Crippen molar-refractivity contribution in [2.45, 2.75) is 56.8 Å². The summed E-state index contributed by atoms with van der Waals surface area (Å²) in [4.78, 5) is 24.5. The van der Waals surface area contributed by atoms with Crippen molar-refractivity contribution in [3.63, 3.8) is 0 Å². The Morgan fingerprint density at radius 2 is 1.89 bits per heavy atom. The summed E-state index contributed by atoms with van der Waals surface area (Å²) in [7, 11) is 1.85. The third kappa shape index (κ3) is 5.13. The lowest BCUT2D eigenvalue weighted by Gasteiger charge is -2.14. The maximum absolute atomic E-state index is 12.4. The van der Waals surface area contributed by atoms with E-state index in [4.69, 9.17) is 0 Å². The van der Waals surface area contributed by atoms with E-state index in [2.05, 4.69) is 20.8 Å². The van der Waals surface area contributed by atoms with Gasteiger partial charge in [-0.25, -0.2) is 0 Å². The van der Waals surface area contributed by atoms with E-state index in [9.17, 15) is 9.59 Å². The zero-order chi connectivity index (χ0) is 20.1. The van der Waals surface area contributed by atoms with Crippen LogP contribution in [0.5, 0.6) is 0 Å². The second-order valence-corrected chi connectivity index (χ2v) is 8.24. The Bertz CT molecular complexity index is 828. The van der Waals surface area contributed by atoms with Crippen molar-refractivity contribution >= 4 is 23.6 Å². The molecule has 1 aliphatic carbocycles. The van der Waals surface area contributed by atoms with Crippen molar-refractivity contribution < 1.29 is 9.59 Å². The van der Waals surface area contributed by atoms with Gasteiger partial charge >= 0.3 is 0 Å². The Kier molecular flexibility index (Phi) is 6.72. The van der Waals surface area contributed by atoms with Crippen LogP contribution in [-0.4, -0.2) is 38.4 Å². The molecule has 0 spiro atoms. The highest BCUT2D eigenvalue weighted by molar-refractivity contribution is 7.99. The molecule has 0 bridgehead atoms. The van der Waals surface area contributed by atoms with Crippen LogP contribution in [0.1, 0.15) is 60.4 Å². The molecular weight excluding hydrogens is 374 g/mol. The molecule has 2 amide bonds. The van der Waals surface area contributed by atoms with E-state index >= 15 is 0 Å². The molecule has 3 rings (SSSR count). The van der Waals surface area contributed by atoms with Crippen molar-refractivity contribution in [1.82, 2.24) is 25.4 Å². The lowest BCUT2D eigenvalue weighted by Crippen LogP contribution is -2.33. The molecule has 28 heavy (non-hydrogen) atoms. The summed E-state index contributed by atoms with van der Waals surface area (Å²) in [5.41, 5.74) is 1.72. The van der Waals surface area contributed by atoms with Gasteiger partial charge in [0.25, 0.3) is 5.91 Å². The zero-order valence-corrected chi connectivity index (χ0v) is 17.4. The minimum Gasteiger partial charge on any atom is -0.353 e. The van der Waals surface area contributed by atoms with Crippen LogP contribution in [0.2, 0.25) is 0 Å². The molecule has 1 fully saturated rings. The fraction of sp³-hybridized carbons (Fsp3) is 0.500. The Morgan fingerprint density at radius 1 is 1.21 bits per heavy atom. The number of hydrogen-bond acceptors (Lipinski definition) is 5. The van der Waals surface area contributed by atoms with Gasteiger partial charge in [0.2, 0.25) is 5.91 Å². The predicted octanol–water partition coefficient (Wildman–Crippen LogP) is 2.77. The largest absolute Gasteiger partial charge is 0.353 e. The molecular formula is C20H27N5O2S. The van der Waals surface area contributed by atoms with Crippen LogP contribution in [0.4, 0.5) is 0 Å². The molecule has 150 valence electrons.